The largest absolute Gasteiger partial charge is 0.487 e. The fourth-order valence-corrected chi connectivity index (χ4v) is 2.71. The fraction of sp³-hybridized carbons (Fsp3) is 0.200. The summed E-state index contributed by atoms with van der Waals surface area (Å²) in [4.78, 5) is 23.3. The number of rotatable bonds is 5. The van der Waals surface area contributed by atoms with E-state index in [1.807, 2.05) is 13.8 Å². The molecule has 0 aliphatic carbocycles. The molecule has 1 aromatic carbocycles. The highest BCUT2D eigenvalue weighted by atomic mass is 32.1. The van der Waals surface area contributed by atoms with Crippen molar-refractivity contribution in [2.24, 2.45) is 5.73 Å². The summed E-state index contributed by atoms with van der Waals surface area (Å²) in [5.74, 6) is -1.11. The van der Waals surface area contributed by atoms with E-state index >= 15 is 0 Å². The molecule has 1 heterocycles. The highest BCUT2D eigenvalue weighted by Crippen LogP contribution is 2.29. The Balaban J connectivity index is 2.17. The quantitative estimate of drug-likeness (QED) is 0.888. The van der Waals surface area contributed by atoms with Crippen molar-refractivity contribution in [3.05, 3.63) is 50.7 Å². The Kier molecular flexibility index (Phi) is 4.28. The van der Waals surface area contributed by atoms with E-state index in [0.717, 1.165) is 16.0 Å². The van der Waals surface area contributed by atoms with E-state index < -0.39 is 11.9 Å². The molecule has 2 rings (SSSR count). The minimum Gasteiger partial charge on any atom is -0.487 e. The molecule has 110 valence electrons. The number of thiophene rings is 1. The van der Waals surface area contributed by atoms with Gasteiger partial charge in [-0.1, -0.05) is 6.07 Å². The van der Waals surface area contributed by atoms with Crippen molar-refractivity contribution in [3.8, 4) is 5.75 Å². The van der Waals surface area contributed by atoms with Gasteiger partial charge in [0, 0.05) is 10.4 Å². The fourth-order valence-electron chi connectivity index (χ4n) is 1.91. The van der Waals surface area contributed by atoms with Gasteiger partial charge >= 0.3 is 5.97 Å². The molecule has 5 nitrogen and oxygen atoms in total. The molecule has 0 radical (unpaired) electrons. The van der Waals surface area contributed by atoms with E-state index in [2.05, 4.69) is 0 Å². The third-order valence-corrected chi connectivity index (χ3v) is 4.05. The Morgan fingerprint density at radius 1 is 1.29 bits per heavy atom. The second-order valence-corrected chi connectivity index (χ2v) is 5.91. The average molecular weight is 305 g/mol. The van der Waals surface area contributed by atoms with Gasteiger partial charge in [0.15, 0.2) is 4.88 Å². The molecule has 0 fully saturated rings. The number of nitrogens with two attached hydrogens (primary N) is 1. The number of aromatic carboxylic acids is 1. The topological polar surface area (TPSA) is 89.6 Å². The molecule has 0 aliphatic heterocycles. The molecule has 2 aromatic rings. The van der Waals surface area contributed by atoms with Crippen LogP contribution >= 0.6 is 11.3 Å². The van der Waals surface area contributed by atoms with Crippen molar-refractivity contribution in [3.63, 3.8) is 0 Å². The molecule has 21 heavy (non-hydrogen) atoms. The molecule has 0 unspecified atom stereocenters. The van der Waals surface area contributed by atoms with Gasteiger partial charge in [-0.2, -0.15) is 0 Å². The van der Waals surface area contributed by atoms with Gasteiger partial charge in [-0.15, -0.1) is 11.3 Å². The molecule has 0 saturated carbocycles. The lowest BCUT2D eigenvalue weighted by Crippen LogP contribution is -2.11. The van der Waals surface area contributed by atoms with Crippen molar-refractivity contribution in [1.82, 2.24) is 0 Å². The van der Waals surface area contributed by atoms with Crippen LogP contribution in [0.2, 0.25) is 0 Å². The number of carboxylic acid groups (broad SMARTS) is 1. The third kappa shape index (κ3) is 3.41. The number of carboxylic acids is 1. The van der Waals surface area contributed by atoms with Crippen molar-refractivity contribution in [2.45, 2.75) is 20.5 Å². The summed E-state index contributed by atoms with van der Waals surface area (Å²) in [7, 11) is 0. The number of carbonyl (C=O) groups excluding carboxylic acids is 1. The summed E-state index contributed by atoms with van der Waals surface area (Å²) < 4.78 is 5.60. The zero-order chi connectivity index (χ0) is 15.6. The molecule has 1 aromatic heterocycles. The van der Waals surface area contributed by atoms with Gasteiger partial charge in [-0.25, -0.2) is 4.79 Å². The number of aryl methyl sites for hydroxylation is 2. The van der Waals surface area contributed by atoms with Crippen LogP contribution in [0.15, 0.2) is 24.3 Å². The number of primary amides is 1. The number of benzene rings is 1. The summed E-state index contributed by atoms with van der Waals surface area (Å²) in [6, 6.07) is 6.79. The number of hydrogen-bond acceptors (Lipinski definition) is 4. The zero-order valence-electron chi connectivity index (χ0n) is 11.7. The van der Waals surface area contributed by atoms with E-state index in [9.17, 15) is 9.59 Å². The predicted molar refractivity (Wildman–Crippen MR) is 80.0 cm³/mol. The van der Waals surface area contributed by atoms with Gasteiger partial charge in [-0.05, 0) is 43.2 Å². The number of hydrogen-bond donors (Lipinski definition) is 2. The standard InChI is InChI=1S/C15H15NO4S/c1-8-5-10(14(16)17)3-4-11(8)7-20-12-6-9(2)21-13(12)15(18)19/h3-6H,7H2,1-2H3,(H2,16,17)(H,18,19). The molecular weight excluding hydrogens is 290 g/mol. The molecule has 0 aliphatic rings. The van der Waals surface area contributed by atoms with Gasteiger partial charge in [0.2, 0.25) is 5.91 Å². The predicted octanol–water partition coefficient (Wildman–Crippen LogP) is 2.74. The first kappa shape index (κ1) is 15.1. The summed E-state index contributed by atoms with van der Waals surface area (Å²) >= 11 is 1.18. The van der Waals surface area contributed by atoms with E-state index in [0.29, 0.717) is 11.3 Å². The van der Waals surface area contributed by atoms with Crippen LogP contribution in [-0.4, -0.2) is 17.0 Å². The van der Waals surface area contributed by atoms with Crippen molar-refractivity contribution >= 4 is 23.2 Å². The maximum atomic E-state index is 11.1. The van der Waals surface area contributed by atoms with Crippen LogP contribution in [0.3, 0.4) is 0 Å². The second kappa shape index (κ2) is 5.97. The zero-order valence-corrected chi connectivity index (χ0v) is 12.5. The number of carbonyl (C=O) groups is 2. The summed E-state index contributed by atoms with van der Waals surface area (Å²) in [6.45, 7) is 3.92. The highest BCUT2D eigenvalue weighted by molar-refractivity contribution is 7.14. The lowest BCUT2D eigenvalue weighted by atomic mass is 10.1. The lowest BCUT2D eigenvalue weighted by molar-refractivity contribution is 0.0697. The van der Waals surface area contributed by atoms with Gasteiger partial charge in [0.25, 0.3) is 0 Å². The second-order valence-electron chi connectivity index (χ2n) is 4.65. The minimum absolute atomic E-state index is 0.193. The Morgan fingerprint density at radius 3 is 2.57 bits per heavy atom. The summed E-state index contributed by atoms with van der Waals surface area (Å²) in [6.07, 6.45) is 0. The van der Waals surface area contributed by atoms with Gasteiger partial charge in [0.1, 0.15) is 12.4 Å². The first-order valence-electron chi connectivity index (χ1n) is 6.24. The van der Waals surface area contributed by atoms with Gasteiger partial charge < -0.3 is 15.6 Å². The Bertz CT molecular complexity index is 706. The Labute approximate surface area is 126 Å². The van der Waals surface area contributed by atoms with Crippen molar-refractivity contribution in [2.75, 3.05) is 0 Å². The summed E-state index contributed by atoms with van der Waals surface area (Å²) in [5.41, 5.74) is 7.40. The first-order valence-corrected chi connectivity index (χ1v) is 7.06. The molecular formula is C15H15NO4S. The number of ether oxygens (including phenoxy) is 1. The van der Waals surface area contributed by atoms with Crippen LogP contribution in [-0.2, 0) is 6.61 Å². The van der Waals surface area contributed by atoms with Crippen molar-refractivity contribution < 1.29 is 19.4 Å². The van der Waals surface area contributed by atoms with E-state index in [4.69, 9.17) is 15.6 Å². The van der Waals surface area contributed by atoms with Crippen LogP contribution in [0.5, 0.6) is 5.75 Å². The smallest absolute Gasteiger partial charge is 0.349 e. The third-order valence-electron chi connectivity index (χ3n) is 3.03. The van der Waals surface area contributed by atoms with Crippen molar-refractivity contribution in [1.29, 1.82) is 0 Å². The number of amides is 1. The minimum atomic E-state index is -0.996. The van der Waals surface area contributed by atoms with Crippen LogP contribution in [0.4, 0.5) is 0 Å². The van der Waals surface area contributed by atoms with Crippen LogP contribution < -0.4 is 10.5 Å². The highest BCUT2D eigenvalue weighted by Gasteiger charge is 2.15. The summed E-state index contributed by atoms with van der Waals surface area (Å²) in [5, 5.41) is 9.11. The molecule has 0 saturated heterocycles. The molecule has 0 spiro atoms. The van der Waals surface area contributed by atoms with Crippen LogP contribution in [0.1, 0.15) is 36.0 Å². The molecule has 0 bridgehead atoms. The monoisotopic (exact) mass is 305 g/mol. The Morgan fingerprint density at radius 2 is 2.00 bits per heavy atom. The average Bonchev–Trinajstić information content (AvgIpc) is 2.78. The molecule has 0 atom stereocenters. The Hall–Kier alpha value is -2.34. The maximum Gasteiger partial charge on any atom is 0.349 e. The molecule has 1 amide bonds. The van der Waals surface area contributed by atoms with Gasteiger partial charge in [-0.3, -0.25) is 4.79 Å². The molecule has 6 heteroatoms. The van der Waals surface area contributed by atoms with E-state index in [-0.39, 0.29) is 11.5 Å². The SMILES string of the molecule is Cc1cc(OCc2ccc(C(N)=O)cc2C)c(C(=O)O)s1. The van der Waals surface area contributed by atoms with E-state index in [1.54, 1.807) is 24.3 Å². The van der Waals surface area contributed by atoms with Crippen LogP contribution in [0.25, 0.3) is 0 Å². The van der Waals surface area contributed by atoms with E-state index in [1.165, 1.54) is 11.3 Å². The van der Waals surface area contributed by atoms with Gasteiger partial charge in [0.05, 0.1) is 0 Å². The maximum absolute atomic E-state index is 11.1. The van der Waals surface area contributed by atoms with Crippen LogP contribution in [0, 0.1) is 13.8 Å². The first-order chi connectivity index (χ1) is 9.88. The normalized spacial score (nSPS) is 10.4. The lowest BCUT2D eigenvalue weighted by Gasteiger charge is -2.09. The molecule has 3 N–H and O–H groups in total.